The van der Waals surface area contributed by atoms with E-state index in [1.165, 1.54) is 25.0 Å². The molecule has 0 saturated heterocycles. The van der Waals surface area contributed by atoms with Crippen LogP contribution in [0.5, 0.6) is 0 Å². The van der Waals surface area contributed by atoms with Gasteiger partial charge in [0.25, 0.3) is 5.69 Å². The van der Waals surface area contributed by atoms with Crippen LogP contribution in [0.25, 0.3) is 0 Å². The Morgan fingerprint density at radius 3 is 2.44 bits per heavy atom. The minimum absolute atomic E-state index is 0.120. The summed E-state index contributed by atoms with van der Waals surface area (Å²) in [6.07, 6.45) is 6.07. The van der Waals surface area contributed by atoms with Crippen molar-refractivity contribution in [2.24, 2.45) is 5.92 Å². The molecule has 0 spiro atoms. The van der Waals surface area contributed by atoms with E-state index in [-0.39, 0.29) is 11.8 Å². The lowest BCUT2D eigenvalue weighted by molar-refractivity contribution is -0.384. The Morgan fingerprint density at radius 2 is 1.89 bits per heavy atom. The number of benzene rings is 1. The number of nitrogens with zero attached hydrogens (tertiary/aromatic N) is 1. The molecule has 98 valence electrons. The molecular formula is C14H19NO3. The van der Waals surface area contributed by atoms with E-state index in [2.05, 4.69) is 0 Å². The van der Waals surface area contributed by atoms with Crippen molar-refractivity contribution in [3.8, 4) is 0 Å². The van der Waals surface area contributed by atoms with E-state index in [9.17, 15) is 15.2 Å². The molecule has 1 aliphatic carbocycles. The largest absolute Gasteiger partial charge is 0.393 e. The fraction of sp³-hybridized carbons (Fsp3) is 0.571. The highest BCUT2D eigenvalue weighted by atomic mass is 16.6. The van der Waals surface area contributed by atoms with Gasteiger partial charge in [-0.1, -0.05) is 25.0 Å². The van der Waals surface area contributed by atoms with Crippen LogP contribution in [-0.2, 0) is 6.42 Å². The third kappa shape index (κ3) is 3.29. The van der Waals surface area contributed by atoms with Gasteiger partial charge in [0.05, 0.1) is 11.0 Å². The molecule has 4 heteroatoms. The van der Waals surface area contributed by atoms with E-state index < -0.39 is 4.92 Å². The van der Waals surface area contributed by atoms with Crippen molar-refractivity contribution in [1.82, 2.24) is 0 Å². The topological polar surface area (TPSA) is 63.4 Å². The Bertz CT molecular complexity index is 396. The second-order valence-electron chi connectivity index (χ2n) is 5.07. The summed E-state index contributed by atoms with van der Waals surface area (Å²) in [5, 5.41) is 20.6. The second kappa shape index (κ2) is 5.96. The molecule has 1 atom stereocenters. The van der Waals surface area contributed by atoms with Gasteiger partial charge in [0.15, 0.2) is 0 Å². The molecule has 1 N–H and O–H groups in total. The van der Waals surface area contributed by atoms with Crippen LogP contribution in [0.4, 0.5) is 5.69 Å². The molecule has 18 heavy (non-hydrogen) atoms. The summed E-state index contributed by atoms with van der Waals surface area (Å²) in [6.45, 7) is 0. The minimum Gasteiger partial charge on any atom is -0.393 e. The summed E-state index contributed by atoms with van der Waals surface area (Å²) >= 11 is 0. The third-order valence-corrected chi connectivity index (χ3v) is 3.82. The fourth-order valence-corrected chi connectivity index (χ4v) is 2.68. The van der Waals surface area contributed by atoms with Crippen molar-refractivity contribution >= 4 is 5.69 Å². The molecule has 0 amide bonds. The van der Waals surface area contributed by atoms with Crippen LogP contribution in [0.3, 0.4) is 0 Å². The quantitative estimate of drug-likeness (QED) is 0.644. The van der Waals surface area contributed by atoms with Gasteiger partial charge in [-0.3, -0.25) is 10.1 Å². The lowest BCUT2D eigenvalue weighted by Gasteiger charge is -2.17. The number of aliphatic hydroxyl groups is 1. The van der Waals surface area contributed by atoms with Gasteiger partial charge in [0.2, 0.25) is 0 Å². The lowest BCUT2D eigenvalue weighted by Crippen LogP contribution is -2.18. The molecule has 1 saturated carbocycles. The molecule has 1 unspecified atom stereocenters. The van der Waals surface area contributed by atoms with Gasteiger partial charge in [-0.2, -0.15) is 0 Å². The van der Waals surface area contributed by atoms with E-state index in [1.807, 2.05) is 0 Å². The molecule has 4 nitrogen and oxygen atoms in total. The van der Waals surface area contributed by atoms with Gasteiger partial charge in [0, 0.05) is 12.1 Å². The first-order valence-corrected chi connectivity index (χ1v) is 6.58. The van der Waals surface area contributed by atoms with Crippen LogP contribution >= 0.6 is 0 Å². The predicted molar refractivity (Wildman–Crippen MR) is 69.4 cm³/mol. The summed E-state index contributed by atoms with van der Waals surface area (Å²) in [6, 6.07) is 6.60. The highest BCUT2D eigenvalue weighted by Crippen LogP contribution is 2.29. The normalized spacial score (nSPS) is 17.8. The third-order valence-electron chi connectivity index (χ3n) is 3.82. The number of aryl methyl sites for hydroxylation is 1. The number of nitro benzene ring substituents is 1. The van der Waals surface area contributed by atoms with Crippen molar-refractivity contribution in [3.05, 3.63) is 39.9 Å². The maximum Gasteiger partial charge on any atom is 0.269 e. The molecule has 2 rings (SSSR count). The summed E-state index contributed by atoms with van der Waals surface area (Å²) < 4.78 is 0. The van der Waals surface area contributed by atoms with Crippen LogP contribution in [-0.4, -0.2) is 16.1 Å². The molecular weight excluding hydrogens is 230 g/mol. The zero-order valence-corrected chi connectivity index (χ0v) is 10.4. The smallest absolute Gasteiger partial charge is 0.269 e. The number of aliphatic hydroxyl groups excluding tert-OH is 1. The average molecular weight is 249 g/mol. The zero-order chi connectivity index (χ0) is 13.0. The van der Waals surface area contributed by atoms with E-state index in [0.29, 0.717) is 5.92 Å². The lowest BCUT2D eigenvalue weighted by atomic mass is 9.95. The second-order valence-corrected chi connectivity index (χ2v) is 5.07. The SMILES string of the molecule is O=[N+]([O-])c1ccc(CCC(O)C2CCCC2)cc1. The van der Waals surface area contributed by atoms with E-state index in [0.717, 1.165) is 31.2 Å². The number of hydrogen-bond donors (Lipinski definition) is 1. The van der Waals surface area contributed by atoms with Crippen molar-refractivity contribution in [1.29, 1.82) is 0 Å². The standard InChI is InChI=1S/C14H19NO3/c16-14(12-3-1-2-4-12)10-7-11-5-8-13(9-6-11)15(17)18/h5-6,8-9,12,14,16H,1-4,7,10H2. The number of rotatable bonds is 5. The molecule has 1 aliphatic rings. The van der Waals surface area contributed by atoms with Crippen molar-refractivity contribution in [3.63, 3.8) is 0 Å². The van der Waals surface area contributed by atoms with E-state index >= 15 is 0 Å². The van der Waals surface area contributed by atoms with Crippen LogP contribution in [0, 0.1) is 16.0 Å². The Kier molecular flexibility index (Phi) is 4.31. The van der Waals surface area contributed by atoms with Crippen LogP contribution in [0.1, 0.15) is 37.7 Å². The molecule has 0 aromatic heterocycles. The highest BCUT2D eigenvalue weighted by Gasteiger charge is 2.22. The summed E-state index contributed by atoms with van der Waals surface area (Å²) in [5.41, 5.74) is 1.17. The fourth-order valence-electron chi connectivity index (χ4n) is 2.68. The molecule has 1 aromatic rings. The minimum atomic E-state index is -0.392. The van der Waals surface area contributed by atoms with Crippen molar-refractivity contribution in [2.75, 3.05) is 0 Å². The number of hydrogen-bond acceptors (Lipinski definition) is 3. The Balaban J connectivity index is 1.84. The van der Waals surface area contributed by atoms with Crippen LogP contribution in [0.15, 0.2) is 24.3 Å². The van der Waals surface area contributed by atoms with Gasteiger partial charge in [-0.15, -0.1) is 0 Å². The molecule has 0 radical (unpaired) electrons. The summed E-state index contributed by atoms with van der Waals surface area (Å²) in [5.74, 6) is 0.461. The number of nitro groups is 1. The molecule has 0 heterocycles. The van der Waals surface area contributed by atoms with Crippen LogP contribution in [0.2, 0.25) is 0 Å². The van der Waals surface area contributed by atoms with Crippen LogP contribution < -0.4 is 0 Å². The first-order valence-electron chi connectivity index (χ1n) is 6.58. The molecule has 1 fully saturated rings. The first kappa shape index (κ1) is 13.0. The summed E-state index contributed by atoms with van der Waals surface area (Å²) in [4.78, 5) is 10.1. The highest BCUT2D eigenvalue weighted by molar-refractivity contribution is 5.32. The van der Waals surface area contributed by atoms with Gasteiger partial charge in [-0.25, -0.2) is 0 Å². The predicted octanol–water partition coefficient (Wildman–Crippen LogP) is 3.08. The van der Waals surface area contributed by atoms with Crippen molar-refractivity contribution < 1.29 is 10.0 Å². The Hall–Kier alpha value is -1.42. The molecule has 0 bridgehead atoms. The van der Waals surface area contributed by atoms with Gasteiger partial charge >= 0.3 is 0 Å². The summed E-state index contributed by atoms with van der Waals surface area (Å²) in [7, 11) is 0. The van der Waals surface area contributed by atoms with Gasteiger partial charge < -0.3 is 5.11 Å². The van der Waals surface area contributed by atoms with E-state index in [4.69, 9.17) is 0 Å². The van der Waals surface area contributed by atoms with Gasteiger partial charge in [-0.05, 0) is 37.2 Å². The monoisotopic (exact) mass is 249 g/mol. The average Bonchev–Trinajstić information content (AvgIpc) is 2.90. The number of non-ortho nitro benzene ring substituents is 1. The maximum atomic E-state index is 10.5. The van der Waals surface area contributed by atoms with Gasteiger partial charge in [0.1, 0.15) is 0 Å². The molecule has 1 aromatic carbocycles. The molecule has 0 aliphatic heterocycles. The van der Waals surface area contributed by atoms with Crippen molar-refractivity contribution in [2.45, 2.75) is 44.6 Å². The van der Waals surface area contributed by atoms with E-state index in [1.54, 1.807) is 12.1 Å². The zero-order valence-electron chi connectivity index (χ0n) is 10.4. The first-order chi connectivity index (χ1) is 8.66. The maximum absolute atomic E-state index is 10.5. The Morgan fingerprint density at radius 1 is 1.28 bits per heavy atom. The Labute approximate surface area is 107 Å².